The van der Waals surface area contributed by atoms with E-state index in [4.69, 9.17) is 15.2 Å². The molecule has 0 radical (unpaired) electrons. The number of ether oxygens (including phenoxy) is 2. The second-order valence-corrected chi connectivity index (χ2v) is 11.8. The number of allylic oxidation sites excluding steroid dienone is 1. The Hall–Kier alpha value is -2.53. The molecule has 0 saturated carbocycles. The van der Waals surface area contributed by atoms with Crippen LogP contribution >= 0.6 is 0 Å². The molecule has 9 heteroatoms. The number of nitrogens with zero attached hydrogens (tertiary/aromatic N) is 1. The molecule has 240 valence electrons. The maximum Gasteiger partial charge on any atom is 0.196 e. The van der Waals surface area contributed by atoms with Crippen LogP contribution in [0.25, 0.3) is 0 Å². The molecular formula is C34H55N4O5+. The van der Waals surface area contributed by atoms with Gasteiger partial charge < -0.3 is 35.8 Å². The molecule has 0 bridgehead atoms. The van der Waals surface area contributed by atoms with Crippen molar-refractivity contribution in [2.75, 3.05) is 39.4 Å². The van der Waals surface area contributed by atoms with Crippen molar-refractivity contribution >= 4 is 6.21 Å². The normalized spacial score (nSPS) is 18.6. The van der Waals surface area contributed by atoms with Crippen LogP contribution in [-0.2, 0) is 6.42 Å². The largest absolute Gasteiger partial charge is 0.504 e. The smallest absolute Gasteiger partial charge is 0.196 e. The number of phenolic OH excluding ortho intramolecular Hbond substituents is 1. The molecule has 0 fully saturated rings. The van der Waals surface area contributed by atoms with E-state index in [-0.39, 0.29) is 36.5 Å². The first-order chi connectivity index (χ1) is 20.8. The van der Waals surface area contributed by atoms with Gasteiger partial charge in [-0.25, -0.2) is 0 Å². The van der Waals surface area contributed by atoms with Gasteiger partial charge in [0.2, 0.25) is 0 Å². The fraction of sp³-hybridized carbons (Fsp3) is 0.618. The van der Waals surface area contributed by atoms with Gasteiger partial charge in [0.05, 0.1) is 18.1 Å². The van der Waals surface area contributed by atoms with E-state index in [2.05, 4.69) is 34.7 Å². The van der Waals surface area contributed by atoms with Crippen LogP contribution in [0, 0.1) is 17.9 Å². The van der Waals surface area contributed by atoms with Crippen molar-refractivity contribution in [3.8, 4) is 11.5 Å². The molecule has 2 heterocycles. The van der Waals surface area contributed by atoms with E-state index >= 15 is 0 Å². The number of aliphatic imine (C=N–C) groups is 1. The summed E-state index contributed by atoms with van der Waals surface area (Å²) in [4.78, 5) is 4.66. The molecular weight excluding hydrogens is 544 g/mol. The van der Waals surface area contributed by atoms with Gasteiger partial charge in [-0.1, -0.05) is 32.3 Å². The van der Waals surface area contributed by atoms with Crippen molar-refractivity contribution in [2.45, 2.75) is 90.4 Å². The predicted molar refractivity (Wildman–Crippen MR) is 174 cm³/mol. The van der Waals surface area contributed by atoms with Crippen molar-refractivity contribution in [1.82, 2.24) is 10.6 Å². The van der Waals surface area contributed by atoms with Gasteiger partial charge in [-0.05, 0) is 70.3 Å². The number of nitrogens with one attached hydrogen (secondary N) is 2. The molecule has 0 spiro atoms. The third kappa shape index (κ3) is 11.8. The minimum absolute atomic E-state index is 0.0491. The Balaban J connectivity index is 1.50. The summed E-state index contributed by atoms with van der Waals surface area (Å²) in [5, 5.41) is 36.6. The standard InChI is InChI=1S/C34H54N4O5/c1-4-37-31(30-18-27(21-38-30)24(2)19-36-20-25(3)40)23-42-34-16-26(12-14-32(34)41)11-13-29-17-28(22-39)33(43-29)10-8-6-5-7-9-15-35/h12,14,16-18,21,24-25,31,33,36-37,39-40,43H,4-11,13,15,19-20,22-23,35H2,1-3H3/p+1/t24-,25+,31+,33?/m1/s1. The molecule has 2 aliphatic rings. The summed E-state index contributed by atoms with van der Waals surface area (Å²) in [6, 6.07) is 5.40. The van der Waals surface area contributed by atoms with Gasteiger partial charge in [0.25, 0.3) is 0 Å². The van der Waals surface area contributed by atoms with Crippen molar-refractivity contribution in [2.24, 2.45) is 16.6 Å². The summed E-state index contributed by atoms with van der Waals surface area (Å²) in [5.41, 5.74) is 8.56. The summed E-state index contributed by atoms with van der Waals surface area (Å²) < 4.78 is 11.0. The Morgan fingerprint density at radius 2 is 1.95 bits per heavy atom. The SMILES string of the molecule is CCN[C@@H](COc1cc(CC[C-]2C=C(CO)C(CCCCCCCN)[OH+]2)ccc1O)C1=C[C+]([C@H](C)CNC[C@H](C)O)C=N1. The van der Waals surface area contributed by atoms with Crippen LogP contribution in [0.15, 0.2) is 46.6 Å². The maximum absolute atomic E-state index is 10.5. The number of hydrogen-bond acceptors (Lipinski definition) is 8. The van der Waals surface area contributed by atoms with Gasteiger partial charge in [-0.2, -0.15) is 0 Å². The van der Waals surface area contributed by atoms with E-state index in [0.29, 0.717) is 18.9 Å². The Bertz CT molecular complexity index is 1040. The van der Waals surface area contributed by atoms with E-state index in [9.17, 15) is 15.3 Å². The molecule has 8 N–H and O–H groups in total. The van der Waals surface area contributed by atoms with Crippen molar-refractivity contribution in [3.63, 3.8) is 0 Å². The number of aromatic hydroxyl groups is 1. The van der Waals surface area contributed by atoms with E-state index in [1.54, 1.807) is 13.0 Å². The highest BCUT2D eigenvalue weighted by atomic mass is 16.5. The Morgan fingerprint density at radius 3 is 2.70 bits per heavy atom. The lowest BCUT2D eigenvalue weighted by molar-refractivity contribution is -0.0552. The minimum Gasteiger partial charge on any atom is -0.504 e. The fourth-order valence-electron chi connectivity index (χ4n) is 5.43. The van der Waals surface area contributed by atoms with E-state index in [1.807, 2.05) is 25.3 Å². The number of unbranched alkanes of at least 4 members (excludes halogenated alkanes) is 4. The topological polar surface area (TPSA) is 145 Å². The lowest BCUT2D eigenvalue weighted by Crippen LogP contribution is -2.35. The number of hydrogen-bond donors (Lipinski definition) is 6. The summed E-state index contributed by atoms with van der Waals surface area (Å²) >= 11 is 0. The van der Waals surface area contributed by atoms with Crippen LogP contribution in [0.3, 0.4) is 0 Å². The quantitative estimate of drug-likeness (QED) is 0.0680. The minimum atomic E-state index is -0.373. The van der Waals surface area contributed by atoms with Gasteiger partial charge in [-0.15, -0.1) is 16.6 Å². The molecule has 0 aromatic heterocycles. The lowest BCUT2D eigenvalue weighted by Gasteiger charge is -2.20. The summed E-state index contributed by atoms with van der Waals surface area (Å²) in [7, 11) is 0. The van der Waals surface area contributed by atoms with E-state index < -0.39 is 0 Å². The molecule has 3 rings (SSSR count). The van der Waals surface area contributed by atoms with Gasteiger partial charge in [0.1, 0.15) is 30.9 Å². The van der Waals surface area contributed by atoms with Crippen molar-refractivity contribution < 1.29 is 24.8 Å². The second-order valence-electron chi connectivity index (χ2n) is 11.8. The highest BCUT2D eigenvalue weighted by Crippen LogP contribution is 2.32. The molecule has 4 atom stereocenters. The van der Waals surface area contributed by atoms with Crippen LogP contribution in [0.2, 0.25) is 0 Å². The molecule has 0 saturated heterocycles. The number of nitrogens with two attached hydrogens (primary N) is 1. The Kier molecular flexibility index (Phi) is 15.4. The van der Waals surface area contributed by atoms with Crippen LogP contribution in [0.4, 0.5) is 0 Å². The molecule has 1 aromatic carbocycles. The summed E-state index contributed by atoms with van der Waals surface area (Å²) in [6.07, 6.45) is 15.1. The summed E-state index contributed by atoms with van der Waals surface area (Å²) in [5.74, 6) is 1.97. The number of likely N-dealkylation sites (N-methyl/N-ethyl adjacent to an activating group) is 1. The number of aryl methyl sites for hydroxylation is 1. The van der Waals surface area contributed by atoms with Crippen LogP contribution in [-0.4, -0.2) is 83.9 Å². The number of aliphatic hydroxyl groups excluding tert-OH is 2. The average Bonchev–Trinajstić information content (AvgIpc) is 3.64. The molecule has 9 nitrogen and oxygen atoms in total. The maximum atomic E-state index is 10.5. The highest BCUT2D eigenvalue weighted by molar-refractivity contribution is 5.83. The van der Waals surface area contributed by atoms with Gasteiger partial charge in [0, 0.05) is 26.1 Å². The number of aliphatic hydroxyl groups is 4. The lowest BCUT2D eigenvalue weighted by atomic mass is 9.95. The van der Waals surface area contributed by atoms with Crippen molar-refractivity contribution in [3.05, 3.63) is 59.2 Å². The van der Waals surface area contributed by atoms with Crippen molar-refractivity contribution in [1.29, 1.82) is 0 Å². The Labute approximate surface area is 258 Å². The third-order valence-electron chi connectivity index (χ3n) is 8.01. The Morgan fingerprint density at radius 1 is 1.16 bits per heavy atom. The fourth-order valence-corrected chi connectivity index (χ4v) is 5.43. The monoisotopic (exact) mass is 599 g/mol. The number of benzene rings is 1. The molecule has 1 unspecified atom stereocenters. The van der Waals surface area contributed by atoms with Gasteiger partial charge in [0.15, 0.2) is 23.2 Å². The highest BCUT2D eigenvalue weighted by Gasteiger charge is 2.32. The van der Waals surface area contributed by atoms with Crippen LogP contribution < -0.4 is 21.1 Å². The summed E-state index contributed by atoms with van der Waals surface area (Å²) in [6.45, 7) is 9.19. The first-order valence-electron chi connectivity index (χ1n) is 16.1. The first kappa shape index (κ1) is 35.0. The van der Waals surface area contributed by atoms with E-state index in [1.165, 1.54) is 19.3 Å². The second kappa shape index (κ2) is 19.0. The van der Waals surface area contributed by atoms with Crippen LogP contribution in [0.5, 0.6) is 11.5 Å². The molecule has 0 amide bonds. The zero-order valence-corrected chi connectivity index (χ0v) is 26.4. The molecule has 2 aliphatic heterocycles. The average molecular weight is 600 g/mol. The first-order valence-corrected chi connectivity index (χ1v) is 16.1. The predicted octanol–water partition coefficient (Wildman–Crippen LogP) is 3.49. The molecule has 0 aliphatic carbocycles. The van der Waals surface area contributed by atoms with Crippen LogP contribution in [0.1, 0.15) is 71.3 Å². The molecule has 43 heavy (non-hydrogen) atoms. The third-order valence-corrected chi connectivity index (χ3v) is 8.01. The van der Waals surface area contributed by atoms with E-state index in [0.717, 1.165) is 80.6 Å². The van der Waals surface area contributed by atoms with Gasteiger partial charge in [-0.3, -0.25) is 5.32 Å². The van der Waals surface area contributed by atoms with Gasteiger partial charge >= 0.3 is 0 Å². The zero-order valence-electron chi connectivity index (χ0n) is 26.4. The molecule has 1 aromatic rings. The number of rotatable bonds is 22. The number of phenols is 1. The zero-order chi connectivity index (χ0) is 31.0.